The number of carbonyl (C=O) groups is 3. The van der Waals surface area contributed by atoms with Crippen LogP contribution in [0, 0.1) is 0 Å². The highest BCUT2D eigenvalue weighted by atomic mass is 16.6. The number of likely N-dealkylation sites (tertiary alicyclic amines) is 1. The van der Waals surface area contributed by atoms with E-state index in [1.54, 1.807) is 83.8 Å². The fraction of sp³-hybridized carbons (Fsp3) is 0.325. The van der Waals surface area contributed by atoms with Crippen molar-refractivity contribution in [3.05, 3.63) is 131 Å². The number of hydrogen-bond acceptors (Lipinski definition) is 7. The molecule has 6 rings (SSSR count). The fourth-order valence-corrected chi connectivity index (χ4v) is 6.84. The lowest BCUT2D eigenvalue weighted by Crippen LogP contribution is -2.53. The van der Waals surface area contributed by atoms with E-state index < -0.39 is 29.2 Å². The predicted octanol–water partition coefficient (Wildman–Crippen LogP) is 4.25. The Kier molecular flexibility index (Phi) is 10.2. The second-order valence-corrected chi connectivity index (χ2v) is 13.0. The number of piperidine rings is 2. The van der Waals surface area contributed by atoms with Crippen molar-refractivity contribution in [1.82, 2.24) is 15.5 Å². The summed E-state index contributed by atoms with van der Waals surface area (Å²) in [6.45, 7) is 3.94. The molecule has 9 heteroatoms. The van der Waals surface area contributed by atoms with Crippen LogP contribution in [0.5, 0.6) is 0 Å². The SMILES string of the molecule is CC(=O)N1CCCC(OC(=O)C(O)(c2ccccc2)c2cccc(-c3ccc(C(O)(C(=O)NC4CCCNC4)c4ccccc4)cc3)c2)C1. The normalized spacial score (nSPS) is 20.3. The summed E-state index contributed by atoms with van der Waals surface area (Å²) in [7, 11) is 0. The molecule has 0 radical (unpaired) electrons. The highest BCUT2D eigenvalue weighted by Crippen LogP contribution is 2.36. The van der Waals surface area contributed by atoms with Crippen LogP contribution < -0.4 is 10.6 Å². The van der Waals surface area contributed by atoms with Gasteiger partial charge in [0.2, 0.25) is 11.5 Å². The van der Waals surface area contributed by atoms with Gasteiger partial charge in [-0.1, -0.05) is 103 Å². The summed E-state index contributed by atoms with van der Waals surface area (Å²) >= 11 is 0. The topological polar surface area (TPSA) is 128 Å². The van der Waals surface area contributed by atoms with Gasteiger partial charge in [-0.05, 0) is 66.1 Å². The summed E-state index contributed by atoms with van der Waals surface area (Å²) in [5.74, 6) is -1.38. The van der Waals surface area contributed by atoms with Gasteiger partial charge < -0.3 is 30.5 Å². The Hall–Kier alpha value is -4.83. The van der Waals surface area contributed by atoms with Crippen molar-refractivity contribution >= 4 is 17.8 Å². The van der Waals surface area contributed by atoms with Gasteiger partial charge in [0, 0.05) is 31.6 Å². The molecule has 4 N–H and O–H groups in total. The molecule has 49 heavy (non-hydrogen) atoms. The van der Waals surface area contributed by atoms with Crippen LogP contribution in [0.2, 0.25) is 0 Å². The molecule has 4 atom stereocenters. The summed E-state index contributed by atoms with van der Waals surface area (Å²) in [5.41, 5.74) is -1.01. The number of carbonyl (C=O) groups excluding carboxylic acids is 3. The molecule has 2 fully saturated rings. The van der Waals surface area contributed by atoms with Crippen LogP contribution >= 0.6 is 0 Å². The van der Waals surface area contributed by atoms with E-state index in [0.29, 0.717) is 53.7 Å². The molecule has 2 aliphatic rings. The smallest absolute Gasteiger partial charge is 0.348 e. The van der Waals surface area contributed by atoms with Gasteiger partial charge in [0.25, 0.3) is 5.91 Å². The predicted molar refractivity (Wildman–Crippen MR) is 186 cm³/mol. The van der Waals surface area contributed by atoms with Crippen LogP contribution in [0.1, 0.15) is 54.9 Å². The molecule has 0 aliphatic carbocycles. The van der Waals surface area contributed by atoms with Gasteiger partial charge >= 0.3 is 5.97 Å². The third-order valence-corrected chi connectivity index (χ3v) is 9.65. The van der Waals surface area contributed by atoms with E-state index in [-0.39, 0.29) is 18.5 Å². The third kappa shape index (κ3) is 7.15. The van der Waals surface area contributed by atoms with Crippen molar-refractivity contribution in [3.8, 4) is 11.1 Å². The number of ether oxygens (including phenoxy) is 1. The molecule has 4 unspecified atom stereocenters. The molecule has 0 bridgehead atoms. The Morgan fingerprint density at radius 2 is 1.39 bits per heavy atom. The number of amides is 2. The molecule has 2 amide bonds. The highest BCUT2D eigenvalue weighted by molar-refractivity contribution is 5.90. The van der Waals surface area contributed by atoms with Gasteiger partial charge in [-0.3, -0.25) is 9.59 Å². The van der Waals surface area contributed by atoms with Crippen molar-refractivity contribution < 1.29 is 29.3 Å². The Bertz CT molecular complexity index is 1760. The molecule has 2 saturated heterocycles. The van der Waals surface area contributed by atoms with E-state index in [1.807, 2.05) is 30.3 Å². The average Bonchev–Trinajstić information content (AvgIpc) is 3.15. The third-order valence-electron chi connectivity index (χ3n) is 9.65. The molecule has 0 aromatic heterocycles. The zero-order valence-electron chi connectivity index (χ0n) is 27.7. The first kappa shape index (κ1) is 34.0. The lowest BCUT2D eigenvalue weighted by atomic mass is 9.83. The van der Waals surface area contributed by atoms with Crippen LogP contribution in [0.3, 0.4) is 0 Å². The molecular weight excluding hydrogens is 618 g/mol. The Morgan fingerprint density at radius 3 is 2.02 bits per heavy atom. The molecule has 0 saturated carbocycles. The first-order chi connectivity index (χ1) is 23.7. The number of benzene rings is 4. The summed E-state index contributed by atoms with van der Waals surface area (Å²) in [5, 5.41) is 30.7. The monoisotopic (exact) mass is 661 g/mol. The highest BCUT2D eigenvalue weighted by Gasteiger charge is 2.44. The number of nitrogens with zero attached hydrogens (tertiary/aromatic N) is 1. The number of hydrogen-bond donors (Lipinski definition) is 4. The number of aliphatic hydroxyl groups is 2. The Labute approximate surface area is 286 Å². The standard InChI is InChI=1S/C40H43N3O6/c1-28(44)43-24-10-18-36(27-43)49-38(46)40(48,32-14-6-3-7-15-32)34-16-8-11-30(25-34)29-19-21-33(22-20-29)39(47,31-12-4-2-5-13-31)37(45)42-35-17-9-23-41-26-35/h2-8,11-16,19-22,25,35-36,41,47-48H,9-10,17-18,23-24,26-27H2,1H3,(H,42,45). The minimum atomic E-state index is -2.12. The minimum Gasteiger partial charge on any atom is -0.458 e. The van der Waals surface area contributed by atoms with Gasteiger partial charge in [0.1, 0.15) is 6.10 Å². The van der Waals surface area contributed by atoms with E-state index in [2.05, 4.69) is 10.6 Å². The van der Waals surface area contributed by atoms with Crippen LogP contribution in [0.25, 0.3) is 11.1 Å². The fourth-order valence-electron chi connectivity index (χ4n) is 6.84. The molecule has 4 aromatic rings. The molecule has 9 nitrogen and oxygen atoms in total. The van der Waals surface area contributed by atoms with Gasteiger partial charge in [-0.15, -0.1) is 0 Å². The Morgan fingerprint density at radius 1 is 0.755 bits per heavy atom. The van der Waals surface area contributed by atoms with Gasteiger partial charge in [-0.2, -0.15) is 0 Å². The van der Waals surface area contributed by atoms with Gasteiger partial charge in [0.15, 0.2) is 5.60 Å². The van der Waals surface area contributed by atoms with Gasteiger partial charge in [-0.25, -0.2) is 4.79 Å². The van der Waals surface area contributed by atoms with Crippen LogP contribution in [0.15, 0.2) is 109 Å². The second-order valence-electron chi connectivity index (χ2n) is 13.0. The quantitative estimate of drug-likeness (QED) is 0.198. The zero-order valence-corrected chi connectivity index (χ0v) is 27.7. The first-order valence-electron chi connectivity index (χ1n) is 16.9. The van der Waals surface area contributed by atoms with Crippen molar-refractivity contribution in [3.63, 3.8) is 0 Å². The van der Waals surface area contributed by atoms with E-state index in [4.69, 9.17) is 4.74 Å². The molecule has 254 valence electrons. The summed E-state index contributed by atoms with van der Waals surface area (Å²) in [4.78, 5) is 41.3. The van der Waals surface area contributed by atoms with Gasteiger partial charge in [0.05, 0.1) is 6.54 Å². The minimum absolute atomic E-state index is 0.0813. The lowest BCUT2D eigenvalue weighted by Gasteiger charge is -2.34. The molecule has 4 aromatic carbocycles. The van der Waals surface area contributed by atoms with Crippen molar-refractivity contribution in [2.45, 2.75) is 56.0 Å². The maximum Gasteiger partial charge on any atom is 0.348 e. The van der Waals surface area contributed by atoms with Crippen molar-refractivity contribution in [2.24, 2.45) is 0 Å². The largest absolute Gasteiger partial charge is 0.458 e. The van der Waals surface area contributed by atoms with Crippen LogP contribution in [-0.4, -0.2) is 71.2 Å². The molecule has 0 spiro atoms. The summed E-state index contributed by atoms with van der Waals surface area (Å²) in [6, 6.07) is 31.7. The lowest BCUT2D eigenvalue weighted by molar-refractivity contribution is -0.171. The summed E-state index contributed by atoms with van der Waals surface area (Å²) < 4.78 is 5.91. The van der Waals surface area contributed by atoms with E-state index in [0.717, 1.165) is 24.9 Å². The van der Waals surface area contributed by atoms with Crippen molar-refractivity contribution in [1.29, 1.82) is 0 Å². The number of rotatable bonds is 9. The maximum atomic E-state index is 13.9. The molecular formula is C40H43N3O6. The van der Waals surface area contributed by atoms with E-state index >= 15 is 0 Å². The number of nitrogens with one attached hydrogen (secondary N) is 2. The second kappa shape index (κ2) is 14.7. The van der Waals surface area contributed by atoms with E-state index in [9.17, 15) is 24.6 Å². The van der Waals surface area contributed by atoms with Crippen molar-refractivity contribution in [2.75, 3.05) is 26.2 Å². The first-order valence-corrected chi connectivity index (χ1v) is 16.9. The van der Waals surface area contributed by atoms with Crippen LogP contribution in [0.4, 0.5) is 0 Å². The van der Waals surface area contributed by atoms with E-state index in [1.165, 1.54) is 6.92 Å². The Balaban J connectivity index is 1.31. The average molecular weight is 662 g/mol. The number of esters is 1. The maximum absolute atomic E-state index is 13.9. The summed E-state index contributed by atoms with van der Waals surface area (Å²) in [6.07, 6.45) is 2.53. The molecule has 2 heterocycles. The zero-order chi connectivity index (χ0) is 34.4. The van der Waals surface area contributed by atoms with Crippen LogP contribution in [-0.2, 0) is 30.3 Å². The molecule has 2 aliphatic heterocycles.